The quantitative estimate of drug-likeness (QED) is 0.0395. The van der Waals surface area contributed by atoms with Gasteiger partial charge in [-0.3, -0.25) is 0 Å². The van der Waals surface area contributed by atoms with Crippen LogP contribution in [0.5, 0.6) is 0 Å². The Labute approximate surface area is 294 Å². The third-order valence-corrected chi connectivity index (χ3v) is 9.60. The number of rotatable bonds is 33. The lowest BCUT2D eigenvalue weighted by Gasteiger charge is -2.07. The van der Waals surface area contributed by atoms with Crippen molar-refractivity contribution in [2.24, 2.45) is 0 Å². The Bertz CT molecular complexity index is 767. The van der Waals surface area contributed by atoms with Crippen LogP contribution in [0.3, 0.4) is 0 Å². The van der Waals surface area contributed by atoms with Crippen LogP contribution in [-0.4, -0.2) is 0 Å². The molecule has 0 aromatic carbocycles. The van der Waals surface area contributed by atoms with Crippen LogP contribution in [0.15, 0.2) is 0 Å². The van der Waals surface area contributed by atoms with E-state index < -0.39 is 7.82 Å². The molecular formula is C42H75O4P. The number of phosphoric acid groups is 1. The van der Waals surface area contributed by atoms with E-state index in [1.54, 1.807) is 0 Å². The van der Waals surface area contributed by atoms with Gasteiger partial charge in [0.25, 0.3) is 0 Å². The van der Waals surface area contributed by atoms with E-state index in [0.29, 0.717) is 19.3 Å². The fourth-order valence-electron chi connectivity index (χ4n) is 5.58. The highest BCUT2D eigenvalue weighted by Gasteiger charge is 2.30. The van der Waals surface area contributed by atoms with Gasteiger partial charge in [0.1, 0.15) is 18.3 Å². The minimum atomic E-state index is -3.99. The Morgan fingerprint density at radius 3 is 0.723 bits per heavy atom. The summed E-state index contributed by atoms with van der Waals surface area (Å²) in [5, 5.41) is 0. The largest absolute Gasteiger partial charge is 0.673 e. The third kappa shape index (κ3) is 37.0. The summed E-state index contributed by atoms with van der Waals surface area (Å²) < 4.78 is 29.0. The van der Waals surface area contributed by atoms with E-state index in [0.717, 1.165) is 38.5 Å². The lowest BCUT2D eigenvalue weighted by molar-refractivity contribution is 0.258. The summed E-state index contributed by atoms with van der Waals surface area (Å²) in [6, 6.07) is 0. The van der Waals surface area contributed by atoms with E-state index in [1.165, 1.54) is 154 Å². The maximum atomic E-state index is 13.1. The van der Waals surface area contributed by atoms with Crippen LogP contribution >= 0.6 is 7.82 Å². The van der Waals surface area contributed by atoms with Crippen LogP contribution in [-0.2, 0) is 18.1 Å². The predicted molar refractivity (Wildman–Crippen MR) is 204 cm³/mol. The van der Waals surface area contributed by atoms with Gasteiger partial charge in [-0.25, -0.2) is 0 Å². The summed E-state index contributed by atoms with van der Waals surface area (Å²) in [4.78, 5) is 0. The van der Waals surface area contributed by atoms with Gasteiger partial charge in [-0.1, -0.05) is 212 Å². The van der Waals surface area contributed by atoms with E-state index in [2.05, 4.69) is 56.9 Å². The highest BCUT2D eigenvalue weighted by molar-refractivity contribution is 7.49. The van der Waals surface area contributed by atoms with Crippen molar-refractivity contribution in [1.82, 2.24) is 0 Å². The number of hydrogen-bond donors (Lipinski definition) is 0. The van der Waals surface area contributed by atoms with Crippen molar-refractivity contribution in [3.05, 3.63) is 0 Å². The maximum Gasteiger partial charge on any atom is 0.673 e. The van der Waals surface area contributed by atoms with Crippen molar-refractivity contribution in [3.63, 3.8) is 0 Å². The molecule has 0 aliphatic carbocycles. The summed E-state index contributed by atoms with van der Waals surface area (Å²) in [6.07, 6.45) is 48.1. The molecule has 272 valence electrons. The first-order valence-electron chi connectivity index (χ1n) is 20.3. The summed E-state index contributed by atoms with van der Waals surface area (Å²) in [5.74, 6) is 8.89. The molecule has 5 heteroatoms. The van der Waals surface area contributed by atoms with Crippen LogP contribution in [0, 0.1) is 36.1 Å². The second kappa shape index (κ2) is 38.8. The molecular weight excluding hydrogens is 599 g/mol. The second-order valence-electron chi connectivity index (χ2n) is 13.4. The topological polar surface area (TPSA) is 44.8 Å². The molecule has 0 amide bonds. The zero-order valence-corrected chi connectivity index (χ0v) is 32.3. The van der Waals surface area contributed by atoms with Crippen LogP contribution in [0.25, 0.3) is 0 Å². The summed E-state index contributed by atoms with van der Waals surface area (Å²) in [6.45, 7) is 6.78. The van der Waals surface area contributed by atoms with Crippen LogP contribution in [0.4, 0.5) is 0 Å². The molecule has 0 aliphatic rings. The van der Waals surface area contributed by atoms with Crippen molar-refractivity contribution in [3.8, 4) is 36.1 Å². The van der Waals surface area contributed by atoms with E-state index in [4.69, 9.17) is 13.6 Å². The summed E-state index contributed by atoms with van der Waals surface area (Å²) in [5.41, 5.74) is 0. The van der Waals surface area contributed by atoms with Crippen molar-refractivity contribution in [2.75, 3.05) is 0 Å². The van der Waals surface area contributed by atoms with Crippen molar-refractivity contribution in [1.29, 1.82) is 0 Å². The van der Waals surface area contributed by atoms with Crippen molar-refractivity contribution < 1.29 is 18.1 Å². The highest BCUT2D eigenvalue weighted by atomic mass is 31.2. The first-order chi connectivity index (χ1) is 23.2. The van der Waals surface area contributed by atoms with Gasteiger partial charge in [0.05, 0.1) is 0 Å². The molecule has 0 aromatic rings. The van der Waals surface area contributed by atoms with Gasteiger partial charge >= 0.3 is 7.82 Å². The molecule has 0 radical (unpaired) electrons. The molecule has 0 saturated heterocycles. The normalized spacial score (nSPS) is 10.7. The minimum Gasteiger partial charge on any atom is -0.331 e. The molecule has 0 saturated carbocycles. The molecule has 47 heavy (non-hydrogen) atoms. The van der Waals surface area contributed by atoms with Gasteiger partial charge < -0.3 is 13.6 Å². The molecule has 0 spiro atoms. The first-order valence-corrected chi connectivity index (χ1v) is 21.7. The van der Waals surface area contributed by atoms with Gasteiger partial charge in [0.2, 0.25) is 0 Å². The predicted octanol–water partition coefficient (Wildman–Crippen LogP) is 15.0. The standard InChI is InChI=1S/C42H75O4P/c1-4-7-10-13-16-19-22-25-28-31-34-37-40-44-47(43,45-41-38-35-32-29-26-23-20-17-14-11-8-5-2)46-42-39-36-33-30-27-24-21-18-15-12-9-6-3/h4-36H2,1-3H3. The van der Waals surface area contributed by atoms with E-state index in [-0.39, 0.29) is 0 Å². The molecule has 0 aromatic heterocycles. The second-order valence-corrected chi connectivity index (χ2v) is 14.8. The average Bonchev–Trinajstić information content (AvgIpc) is 3.07. The Morgan fingerprint density at radius 2 is 0.511 bits per heavy atom. The Morgan fingerprint density at radius 1 is 0.319 bits per heavy atom. The van der Waals surface area contributed by atoms with E-state index in [1.807, 2.05) is 0 Å². The molecule has 0 unspecified atom stereocenters. The molecule has 0 bridgehead atoms. The molecule has 4 nitrogen and oxygen atoms in total. The average molecular weight is 675 g/mol. The molecule has 0 fully saturated rings. The Kier molecular flexibility index (Phi) is 37.4. The van der Waals surface area contributed by atoms with Gasteiger partial charge in [-0.05, 0) is 19.3 Å². The summed E-state index contributed by atoms with van der Waals surface area (Å²) in [7, 11) is -3.99. The first kappa shape index (κ1) is 45.3. The van der Waals surface area contributed by atoms with E-state index >= 15 is 0 Å². The monoisotopic (exact) mass is 675 g/mol. The molecule has 0 heterocycles. The molecule has 0 aliphatic heterocycles. The third-order valence-electron chi connectivity index (χ3n) is 8.65. The fraction of sp³-hybridized carbons (Fsp3) is 0.857. The lowest BCUT2D eigenvalue weighted by atomic mass is 10.1. The van der Waals surface area contributed by atoms with Crippen LogP contribution in [0.1, 0.15) is 233 Å². The molecule has 0 atom stereocenters. The molecule has 0 rings (SSSR count). The van der Waals surface area contributed by atoms with Crippen molar-refractivity contribution >= 4 is 7.82 Å². The van der Waals surface area contributed by atoms with Gasteiger partial charge in [0, 0.05) is 19.3 Å². The maximum absolute atomic E-state index is 13.1. The van der Waals surface area contributed by atoms with E-state index in [9.17, 15) is 4.57 Å². The Balaban J connectivity index is 4.39. The SMILES string of the molecule is CCCCCCCCCCCCC#COP(=O)(OC#CCCCCCCCCCCCC)OC#CCCCCCCCCCCCC. The smallest absolute Gasteiger partial charge is 0.331 e. The molecule has 0 N–H and O–H groups in total. The zero-order valence-electron chi connectivity index (χ0n) is 31.4. The highest BCUT2D eigenvalue weighted by Crippen LogP contribution is 2.48. The van der Waals surface area contributed by atoms with Crippen molar-refractivity contribution in [2.45, 2.75) is 233 Å². The summed E-state index contributed by atoms with van der Waals surface area (Å²) >= 11 is 0. The van der Waals surface area contributed by atoms with Gasteiger partial charge in [-0.15, -0.1) is 0 Å². The van der Waals surface area contributed by atoms with Crippen LogP contribution < -0.4 is 0 Å². The fourth-order valence-corrected chi connectivity index (χ4v) is 6.22. The Hall–Kier alpha value is -1.69. The lowest BCUT2D eigenvalue weighted by Crippen LogP contribution is -1.90. The van der Waals surface area contributed by atoms with Gasteiger partial charge in [0.15, 0.2) is 0 Å². The minimum absolute atomic E-state index is 0.700. The number of unbranched alkanes of at least 4 members (excludes halogenated alkanes) is 30. The van der Waals surface area contributed by atoms with Gasteiger partial charge in [-0.2, -0.15) is 4.57 Å². The van der Waals surface area contributed by atoms with Crippen LogP contribution in [0.2, 0.25) is 0 Å². The number of phosphoric ester groups is 1. The zero-order chi connectivity index (χ0) is 34.2. The number of hydrogen-bond acceptors (Lipinski definition) is 4.